The van der Waals surface area contributed by atoms with Crippen molar-refractivity contribution < 1.29 is 14.7 Å². The van der Waals surface area contributed by atoms with E-state index in [1.165, 1.54) is 11.3 Å². The first-order valence-corrected chi connectivity index (χ1v) is 8.40. The first-order valence-electron chi connectivity index (χ1n) is 7.58. The maximum atomic E-state index is 12.8. The van der Waals surface area contributed by atoms with Crippen LogP contribution >= 0.6 is 11.3 Å². The second kappa shape index (κ2) is 6.56. The predicted octanol–water partition coefficient (Wildman–Crippen LogP) is 1.83. The van der Waals surface area contributed by atoms with Gasteiger partial charge in [-0.2, -0.15) is 0 Å². The molecular formula is C16H18N4O3S. The summed E-state index contributed by atoms with van der Waals surface area (Å²) in [6.45, 7) is 2.35. The number of anilines is 1. The second-order valence-corrected chi connectivity index (χ2v) is 6.73. The van der Waals surface area contributed by atoms with Crippen molar-refractivity contribution >= 4 is 28.3 Å². The van der Waals surface area contributed by atoms with Crippen LogP contribution in [-0.2, 0) is 4.79 Å². The van der Waals surface area contributed by atoms with Crippen molar-refractivity contribution in [3.8, 4) is 0 Å². The summed E-state index contributed by atoms with van der Waals surface area (Å²) in [5.41, 5.74) is 1.50. The fraction of sp³-hybridized carbons (Fsp3) is 0.375. The molecular weight excluding hydrogens is 328 g/mol. The highest BCUT2D eigenvalue weighted by atomic mass is 32.1. The number of aliphatic carboxylic acids is 1. The maximum Gasteiger partial charge on any atom is 0.308 e. The number of amides is 1. The molecule has 1 fully saturated rings. The Morgan fingerprint density at radius 1 is 1.42 bits per heavy atom. The third-order valence-electron chi connectivity index (χ3n) is 4.24. The van der Waals surface area contributed by atoms with E-state index >= 15 is 0 Å². The largest absolute Gasteiger partial charge is 0.481 e. The Bertz CT molecular complexity index is 762. The third kappa shape index (κ3) is 2.96. The highest BCUT2D eigenvalue weighted by Gasteiger charge is 2.41. The van der Waals surface area contributed by atoms with Crippen LogP contribution < -0.4 is 5.32 Å². The van der Waals surface area contributed by atoms with Crippen molar-refractivity contribution in [3.05, 3.63) is 40.7 Å². The number of pyridine rings is 1. The quantitative estimate of drug-likeness (QED) is 0.877. The fourth-order valence-corrected chi connectivity index (χ4v) is 3.89. The van der Waals surface area contributed by atoms with Gasteiger partial charge in [-0.15, -0.1) is 0 Å². The van der Waals surface area contributed by atoms with Crippen LogP contribution in [0.3, 0.4) is 0 Å². The van der Waals surface area contributed by atoms with Crippen LogP contribution in [-0.4, -0.2) is 52.0 Å². The number of aromatic nitrogens is 2. The molecule has 0 radical (unpaired) electrons. The van der Waals surface area contributed by atoms with Crippen LogP contribution in [0, 0.1) is 12.8 Å². The standard InChI is InChI=1S/C16H18N4O3S/c1-9-13(24-16(17-2)19-9)14(21)20-7-11(12(8-20)15(22)23)10-4-3-5-18-6-10/h3-6,11-12H,7-8H2,1-2H3,(H,17,19)(H,22,23)/t11-,12+/m1/s1. The summed E-state index contributed by atoms with van der Waals surface area (Å²) >= 11 is 1.29. The Hall–Kier alpha value is -2.48. The Morgan fingerprint density at radius 3 is 2.79 bits per heavy atom. The number of nitrogens with one attached hydrogen (secondary N) is 1. The molecule has 1 aliphatic heterocycles. The first-order chi connectivity index (χ1) is 11.5. The molecule has 2 N–H and O–H groups in total. The molecule has 0 bridgehead atoms. The summed E-state index contributed by atoms with van der Waals surface area (Å²) < 4.78 is 0. The van der Waals surface area contributed by atoms with E-state index in [-0.39, 0.29) is 18.4 Å². The van der Waals surface area contributed by atoms with Crippen molar-refractivity contribution in [1.82, 2.24) is 14.9 Å². The number of hydrogen-bond donors (Lipinski definition) is 2. The van der Waals surface area contributed by atoms with E-state index < -0.39 is 11.9 Å². The molecule has 1 amide bonds. The molecule has 2 aromatic heterocycles. The number of thiazole rings is 1. The van der Waals surface area contributed by atoms with E-state index in [1.807, 2.05) is 6.07 Å². The summed E-state index contributed by atoms with van der Waals surface area (Å²) in [5.74, 6) is -1.94. The number of carbonyl (C=O) groups is 2. The Labute approximate surface area is 143 Å². The van der Waals surface area contributed by atoms with Crippen molar-refractivity contribution in [2.75, 3.05) is 25.5 Å². The van der Waals surface area contributed by atoms with Gasteiger partial charge < -0.3 is 15.3 Å². The zero-order valence-electron chi connectivity index (χ0n) is 13.4. The topological polar surface area (TPSA) is 95.4 Å². The molecule has 2 atom stereocenters. The van der Waals surface area contributed by atoms with Gasteiger partial charge in [0.15, 0.2) is 5.13 Å². The molecule has 0 spiro atoms. The molecule has 3 rings (SSSR count). The Kier molecular flexibility index (Phi) is 4.48. The van der Waals surface area contributed by atoms with Crippen molar-refractivity contribution in [2.24, 2.45) is 5.92 Å². The molecule has 126 valence electrons. The Balaban J connectivity index is 1.86. The van der Waals surface area contributed by atoms with Crippen molar-refractivity contribution in [2.45, 2.75) is 12.8 Å². The van der Waals surface area contributed by atoms with Gasteiger partial charge in [-0.3, -0.25) is 14.6 Å². The molecule has 8 heteroatoms. The van der Waals surface area contributed by atoms with Gasteiger partial charge in [-0.1, -0.05) is 17.4 Å². The van der Waals surface area contributed by atoms with Crippen LogP contribution in [0.25, 0.3) is 0 Å². The molecule has 7 nitrogen and oxygen atoms in total. The lowest BCUT2D eigenvalue weighted by atomic mass is 9.90. The average Bonchev–Trinajstić information content (AvgIpc) is 3.19. The zero-order chi connectivity index (χ0) is 17.3. The van der Waals surface area contributed by atoms with Gasteiger partial charge in [0.1, 0.15) is 4.88 Å². The van der Waals surface area contributed by atoms with E-state index in [4.69, 9.17) is 0 Å². The number of carboxylic acid groups (broad SMARTS) is 1. The molecule has 0 unspecified atom stereocenters. The minimum Gasteiger partial charge on any atom is -0.481 e. The van der Waals surface area contributed by atoms with Crippen molar-refractivity contribution in [1.29, 1.82) is 0 Å². The SMILES string of the molecule is CNc1nc(C)c(C(=O)N2C[C@H](C(=O)O)[C@@H](c3cccnc3)C2)s1. The summed E-state index contributed by atoms with van der Waals surface area (Å²) in [6.07, 6.45) is 3.32. The zero-order valence-corrected chi connectivity index (χ0v) is 14.2. The monoisotopic (exact) mass is 346 g/mol. The first kappa shape index (κ1) is 16.4. The van der Waals surface area contributed by atoms with Crippen LogP contribution in [0.2, 0.25) is 0 Å². The molecule has 1 saturated heterocycles. The number of carbonyl (C=O) groups excluding carboxylic acids is 1. The fourth-order valence-electron chi connectivity index (χ4n) is 3.00. The van der Waals surface area contributed by atoms with Gasteiger partial charge in [0.05, 0.1) is 11.6 Å². The smallest absolute Gasteiger partial charge is 0.308 e. The van der Waals surface area contributed by atoms with E-state index in [0.29, 0.717) is 22.2 Å². The lowest BCUT2D eigenvalue weighted by Gasteiger charge is -2.15. The van der Waals surface area contributed by atoms with E-state index in [1.54, 1.807) is 37.3 Å². The lowest BCUT2D eigenvalue weighted by molar-refractivity contribution is -0.141. The summed E-state index contributed by atoms with van der Waals surface area (Å²) in [7, 11) is 1.75. The normalized spacial score (nSPS) is 20.2. The molecule has 0 aromatic carbocycles. The van der Waals surface area contributed by atoms with E-state index in [2.05, 4.69) is 15.3 Å². The maximum absolute atomic E-state index is 12.8. The third-order valence-corrected chi connectivity index (χ3v) is 5.40. The molecule has 0 aliphatic carbocycles. The molecule has 0 saturated carbocycles. The van der Waals surface area contributed by atoms with Crippen molar-refractivity contribution in [3.63, 3.8) is 0 Å². The van der Waals surface area contributed by atoms with E-state index in [9.17, 15) is 14.7 Å². The lowest BCUT2D eigenvalue weighted by Crippen LogP contribution is -2.29. The molecule has 3 heterocycles. The van der Waals surface area contributed by atoms with Gasteiger partial charge in [0.2, 0.25) is 0 Å². The highest BCUT2D eigenvalue weighted by molar-refractivity contribution is 7.17. The van der Waals surface area contributed by atoms with Gasteiger partial charge in [0.25, 0.3) is 5.91 Å². The summed E-state index contributed by atoms with van der Waals surface area (Å²) in [6, 6.07) is 3.64. The number of likely N-dealkylation sites (tertiary alicyclic amines) is 1. The van der Waals surface area contributed by atoms with Gasteiger partial charge in [-0.05, 0) is 18.6 Å². The number of carboxylic acids is 1. The number of aryl methyl sites for hydroxylation is 1. The van der Waals surface area contributed by atoms with Crippen LogP contribution in [0.5, 0.6) is 0 Å². The molecule has 1 aliphatic rings. The van der Waals surface area contributed by atoms with Crippen LogP contribution in [0.4, 0.5) is 5.13 Å². The summed E-state index contributed by atoms with van der Waals surface area (Å²) in [4.78, 5) is 34.9. The highest BCUT2D eigenvalue weighted by Crippen LogP contribution is 2.34. The molecule has 24 heavy (non-hydrogen) atoms. The minimum absolute atomic E-state index is 0.163. The van der Waals surface area contributed by atoms with Gasteiger partial charge >= 0.3 is 5.97 Å². The van der Waals surface area contributed by atoms with Crippen LogP contribution in [0.1, 0.15) is 26.8 Å². The number of rotatable bonds is 4. The number of nitrogens with zero attached hydrogens (tertiary/aromatic N) is 3. The Morgan fingerprint density at radius 2 is 2.21 bits per heavy atom. The minimum atomic E-state index is -0.893. The van der Waals surface area contributed by atoms with Crippen LogP contribution in [0.15, 0.2) is 24.5 Å². The second-order valence-electron chi connectivity index (χ2n) is 5.73. The van der Waals surface area contributed by atoms with Gasteiger partial charge in [0, 0.05) is 38.4 Å². The molecule has 2 aromatic rings. The predicted molar refractivity (Wildman–Crippen MR) is 90.4 cm³/mol. The summed E-state index contributed by atoms with van der Waals surface area (Å²) in [5, 5.41) is 13.1. The van der Waals surface area contributed by atoms with E-state index in [0.717, 1.165) is 5.56 Å². The van der Waals surface area contributed by atoms with Gasteiger partial charge in [-0.25, -0.2) is 4.98 Å². The number of hydrogen-bond acceptors (Lipinski definition) is 6. The average molecular weight is 346 g/mol.